The Hall–Kier alpha value is -3.51. The number of aromatic nitrogens is 1. The number of carbonyl (C=O) groups is 4. The van der Waals surface area contributed by atoms with Gasteiger partial charge in [0.15, 0.2) is 10.8 Å². The number of nitrogens with one attached hydrogen (secondary N) is 2. The van der Waals surface area contributed by atoms with Gasteiger partial charge < -0.3 is 25.2 Å². The van der Waals surface area contributed by atoms with Gasteiger partial charge in [0, 0.05) is 5.38 Å². The van der Waals surface area contributed by atoms with Crippen LogP contribution in [0.4, 0.5) is 9.93 Å². The van der Waals surface area contributed by atoms with Crippen molar-refractivity contribution in [2.45, 2.75) is 25.1 Å². The molecule has 0 saturated carbocycles. The number of hydrogen-bond acceptors (Lipinski definition) is 9. The third-order valence-electron chi connectivity index (χ3n) is 4.55. The number of carbonyl (C=O) groups excluding carboxylic acids is 4. The molecule has 3 rings (SSSR count). The SMILES string of the molecule is COC(=O)c1csc(NC(=O)[C@H]([C@@H](C)O)N2C(=O)N[C@H](c3ccc(OC)cc3)C2=O)n1. The first kappa shape index (κ1) is 22.2. The summed E-state index contributed by atoms with van der Waals surface area (Å²) in [5.41, 5.74) is 0.486. The molecule has 164 valence electrons. The zero-order valence-corrected chi connectivity index (χ0v) is 17.6. The van der Waals surface area contributed by atoms with Crippen molar-refractivity contribution < 1.29 is 33.8 Å². The highest BCUT2D eigenvalue weighted by atomic mass is 32.1. The number of methoxy groups -OCH3 is 2. The second-order valence-corrected chi connectivity index (χ2v) is 7.43. The minimum absolute atomic E-state index is 0.00837. The van der Waals surface area contributed by atoms with Gasteiger partial charge in [0.05, 0.1) is 20.3 Å². The number of thiazole rings is 1. The second kappa shape index (κ2) is 9.10. The summed E-state index contributed by atoms with van der Waals surface area (Å²) in [4.78, 5) is 54.4. The van der Waals surface area contributed by atoms with E-state index in [1.807, 2.05) is 0 Å². The number of amides is 4. The molecule has 3 N–H and O–H groups in total. The maximum atomic E-state index is 13.0. The van der Waals surface area contributed by atoms with Gasteiger partial charge in [0.1, 0.15) is 17.8 Å². The molecule has 1 aromatic heterocycles. The van der Waals surface area contributed by atoms with E-state index in [2.05, 4.69) is 20.4 Å². The molecule has 0 bridgehead atoms. The lowest BCUT2D eigenvalue weighted by molar-refractivity contribution is -0.137. The molecule has 1 aliphatic rings. The smallest absolute Gasteiger partial charge is 0.357 e. The van der Waals surface area contributed by atoms with Crippen LogP contribution >= 0.6 is 11.3 Å². The van der Waals surface area contributed by atoms with Gasteiger partial charge in [-0.15, -0.1) is 11.3 Å². The van der Waals surface area contributed by atoms with Gasteiger partial charge in [-0.3, -0.25) is 9.59 Å². The lowest BCUT2D eigenvalue weighted by atomic mass is 10.1. The largest absolute Gasteiger partial charge is 0.497 e. The highest BCUT2D eigenvalue weighted by Gasteiger charge is 2.47. The number of imide groups is 1. The van der Waals surface area contributed by atoms with Crippen molar-refractivity contribution in [2.24, 2.45) is 0 Å². The van der Waals surface area contributed by atoms with Crippen molar-refractivity contribution >= 4 is 40.3 Å². The number of anilines is 1. The lowest BCUT2D eigenvalue weighted by Crippen LogP contribution is -2.53. The summed E-state index contributed by atoms with van der Waals surface area (Å²) >= 11 is 0.954. The van der Waals surface area contributed by atoms with Crippen LogP contribution in [0.1, 0.15) is 29.0 Å². The van der Waals surface area contributed by atoms with E-state index in [1.54, 1.807) is 24.3 Å². The molecule has 11 nitrogen and oxygen atoms in total. The average Bonchev–Trinajstić information content (AvgIpc) is 3.33. The molecule has 3 atom stereocenters. The Morgan fingerprint density at radius 2 is 1.94 bits per heavy atom. The third-order valence-corrected chi connectivity index (χ3v) is 5.31. The van der Waals surface area contributed by atoms with Gasteiger partial charge in [0.25, 0.3) is 11.8 Å². The molecule has 12 heteroatoms. The summed E-state index contributed by atoms with van der Waals surface area (Å²) in [5, 5.41) is 16.5. The number of hydrogen-bond donors (Lipinski definition) is 3. The average molecular weight is 448 g/mol. The number of rotatable bonds is 7. The molecule has 4 amide bonds. The topological polar surface area (TPSA) is 147 Å². The summed E-state index contributed by atoms with van der Waals surface area (Å²) < 4.78 is 9.64. The fourth-order valence-electron chi connectivity index (χ4n) is 3.04. The van der Waals surface area contributed by atoms with Gasteiger partial charge in [-0.2, -0.15) is 0 Å². The van der Waals surface area contributed by atoms with Gasteiger partial charge in [-0.05, 0) is 24.6 Å². The highest BCUT2D eigenvalue weighted by molar-refractivity contribution is 7.14. The molecule has 2 aromatic rings. The number of aliphatic hydroxyl groups excluding tert-OH is 1. The van der Waals surface area contributed by atoms with Gasteiger partial charge >= 0.3 is 12.0 Å². The fourth-order valence-corrected chi connectivity index (χ4v) is 3.72. The molecular formula is C19H20N4O7S. The van der Waals surface area contributed by atoms with E-state index in [9.17, 15) is 24.3 Å². The van der Waals surface area contributed by atoms with Crippen LogP contribution in [0, 0.1) is 0 Å². The zero-order valence-electron chi connectivity index (χ0n) is 16.8. The molecule has 0 spiro atoms. The van der Waals surface area contributed by atoms with Crippen LogP contribution < -0.4 is 15.4 Å². The molecular weight excluding hydrogens is 428 g/mol. The Morgan fingerprint density at radius 3 is 2.52 bits per heavy atom. The summed E-state index contributed by atoms with van der Waals surface area (Å²) in [7, 11) is 2.70. The first-order valence-electron chi connectivity index (χ1n) is 9.07. The second-order valence-electron chi connectivity index (χ2n) is 6.57. The van der Waals surface area contributed by atoms with Crippen molar-refractivity contribution in [1.82, 2.24) is 15.2 Å². The van der Waals surface area contributed by atoms with E-state index in [1.165, 1.54) is 26.5 Å². The van der Waals surface area contributed by atoms with Crippen LogP contribution in [0.2, 0.25) is 0 Å². The van der Waals surface area contributed by atoms with Gasteiger partial charge in [-0.1, -0.05) is 12.1 Å². The molecule has 1 aromatic carbocycles. The first-order chi connectivity index (χ1) is 14.8. The molecule has 0 radical (unpaired) electrons. The molecule has 31 heavy (non-hydrogen) atoms. The monoisotopic (exact) mass is 448 g/mol. The Morgan fingerprint density at radius 1 is 1.26 bits per heavy atom. The maximum Gasteiger partial charge on any atom is 0.357 e. The molecule has 1 fully saturated rings. The molecule has 0 aliphatic carbocycles. The highest BCUT2D eigenvalue weighted by Crippen LogP contribution is 2.27. The number of urea groups is 1. The van der Waals surface area contributed by atoms with Gasteiger partial charge in [-0.25, -0.2) is 19.5 Å². The fraction of sp³-hybridized carbons (Fsp3) is 0.316. The van der Waals surface area contributed by atoms with Crippen LogP contribution in [0.3, 0.4) is 0 Å². The van der Waals surface area contributed by atoms with Crippen LogP contribution in [-0.2, 0) is 14.3 Å². The number of esters is 1. The standard InChI is InChI=1S/C19H20N4O7S/c1-9(24)14(15(25)22-18-20-12(8-31-18)17(27)30-3)23-16(26)13(21-19(23)28)10-4-6-11(29-2)7-5-10/h4-9,13-14,24H,1-3H3,(H,21,28)(H,20,22,25)/t9-,13-,14+/m1/s1. The Bertz CT molecular complexity index is 1000. The van der Waals surface area contributed by atoms with Crippen LogP contribution in [0.5, 0.6) is 5.75 Å². The number of ether oxygens (including phenoxy) is 2. The van der Waals surface area contributed by atoms with Crippen LogP contribution in [-0.4, -0.2) is 65.2 Å². The van der Waals surface area contributed by atoms with Crippen molar-refractivity contribution in [3.8, 4) is 5.75 Å². The van der Waals surface area contributed by atoms with Crippen LogP contribution in [0.15, 0.2) is 29.6 Å². The summed E-state index contributed by atoms with van der Waals surface area (Å²) in [6.45, 7) is 1.28. The van der Waals surface area contributed by atoms with E-state index in [0.29, 0.717) is 16.2 Å². The Kier molecular flexibility index (Phi) is 6.51. The summed E-state index contributed by atoms with van der Waals surface area (Å²) in [5.74, 6) is -1.63. The molecule has 1 aliphatic heterocycles. The molecule has 1 saturated heterocycles. The number of nitrogens with zero attached hydrogens (tertiary/aromatic N) is 2. The van der Waals surface area contributed by atoms with E-state index in [0.717, 1.165) is 11.3 Å². The zero-order chi connectivity index (χ0) is 22.7. The van der Waals surface area contributed by atoms with E-state index >= 15 is 0 Å². The maximum absolute atomic E-state index is 13.0. The number of benzene rings is 1. The minimum Gasteiger partial charge on any atom is -0.497 e. The van der Waals surface area contributed by atoms with E-state index in [4.69, 9.17) is 4.74 Å². The van der Waals surface area contributed by atoms with Gasteiger partial charge in [0.2, 0.25) is 0 Å². The van der Waals surface area contributed by atoms with E-state index in [-0.39, 0.29) is 10.8 Å². The van der Waals surface area contributed by atoms with Crippen molar-refractivity contribution in [3.05, 3.63) is 40.9 Å². The van der Waals surface area contributed by atoms with E-state index < -0.39 is 42.0 Å². The summed E-state index contributed by atoms with van der Waals surface area (Å²) in [6.07, 6.45) is -1.37. The lowest BCUT2D eigenvalue weighted by Gasteiger charge is -2.26. The summed E-state index contributed by atoms with van der Waals surface area (Å²) in [6, 6.07) is 3.16. The van der Waals surface area contributed by atoms with Crippen molar-refractivity contribution in [1.29, 1.82) is 0 Å². The Labute approximate surface area is 181 Å². The van der Waals surface area contributed by atoms with Crippen molar-refractivity contribution in [2.75, 3.05) is 19.5 Å². The predicted molar refractivity (Wildman–Crippen MR) is 109 cm³/mol. The Balaban J connectivity index is 1.80. The number of aliphatic hydroxyl groups is 1. The predicted octanol–water partition coefficient (Wildman–Crippen LogP) is 0.919. The minimum atomic E-state index is -1.51. The third kappa shape index (κ3) is 4.49. The molecule has 2 heterocycles. The van der Waals surface area contributed by atoms with Crippen LogP contribution in [0.25, 0.3) is 0 Å². The van der Waals surface area contributed by atoms with Crippen molar-refractivity contribution in [3.63, 3.8) is 0 Å². The quantitative estimate of drug-likeness (QED) is 0.418. The molecule has 0 unspecified atom stereocenters. The first-order valence-corrected chi connectivity index (χ1v) is 9.95. The normalized spacial score (nSPS) is 17.7.